The summed E-state index contributed by atoms with van der Waals surface area (Å²) in [5.41, 5.74) is 5.53. The molecule has 0 atom stereocenters. The maximum Gasteiger partial charge on any atom is 0.0991 e. The second-order valence-corrected chi connectivity index (χ2v) is 4.41. The van der Waals surface area contributed by atoms with Crippen molar-refractivity contribution in [3.63, 3.8) is 0 Å². The predicted octanol–water partition coefficient (Wildman–Crippen LogP) is 3.79. The summed E-state index contributed by atoms with van der Waals surface area (Å²) in [6, 6.07) is 16.1. The van der Waals surface area contributed by atoms with E-state index in [1.165, 1.54) is 11.1 Å². The van der Waals surface area contributed by atoms with E-state index in [1.54, 1.807) is 0 Å². The Morgan fingerprint density at radius 2 is 1.89 bits per heavy atom. The number of anilines is 1. The molecule has 0 unspecified atom stereocenters. The molecule has 1 N–H and O–H groups in total. The van der Waals surface area contributed by atoms with Crippen LogP contribution in [0.3, 0.4) is 0 Å². The van der Waals surface area contributed by atoms with Gasteiger partial charge in [-0.25, -0.2) is 0 Å². The van der Waals surface area contributed by atoms with Crippen LogP contribution < -0.4 is 5.32 Å². The molecule has 0 amide bonds. The number of hydrogen-bond acceptors (Lipinski definition) is 2. The molecule has 0 saturated heterocycles. The average molecular weight is 236 g/mol. The zero-order valence-electron chi connectivity index (χ0n) is 10.7. The molecule has 2 aromatic rings. The number of benzene rings is 2. The third kappa shape index (κ3) is 2.70. The molecule has 0 aromatic heterocycles. The second kappa shape index (κ2) is 5.37. The molecule has 18 heavy (non-hydrogen) atoms. The fraction of sp³-hybridized carbons (Fsp3) is 0.188. The van der Waals surface area contributed by atoms with Gasteiger partial charge in [-0.1, -0.05) is 24.3 Å². The van der Waals surface area contributed by atoms with Crippen LogP contribution in [-0.4, -0.2) is 0 Å². The van der Waals surface area contributed by atoms with Gasteiger partial charge in [0.05, 0.1) is 11.6 Å². The summed E-state index contributed by atoms with van der Waals surface area (Å²) in [5.74, 6) is 0. The summed E-state index contributed by atoms with van der Waals surface area (Å²) in [5, 5.41) is 12.3. The Bertz CT molecular complexity index is 594. The van der Waals surface area contributed by atoms with Crippen LogP contribution in [0.25, 0.3) is 0 Å². The van der Waals surface area contributed by atoms with E-state index in [4.69, 9.17) is 5.26 Å². The van der Waals surface area contributed by atoms with Crippen molar-refractivity contribution >= 4 is 5.69 Å². The van der Waals surface area contributed by atoms with Gasteiger partial charge in [0.15, 0.2) is 0 Å². The SMILES string of the molecule is Cc1cccc(NCc2cccc(C#N)c2)c1C. The van der Waals surface area contributed by atoms with Crippen molar-refractivity contribution in [2.45, 2.75) is 20.4 Å². The molecule has 2 heteroatoms. The van der Waals surface area contributed by atoms with Gasteiger partial charge in [-0.3, -0.25) is 0 Å². The van der Waals surface area contributed by atoms with Crippen LogP contribution in [0, 0.1) is 25.2 Å². The Hall–Kier alpha value is -2.27. The summed E-state index contributed by atoms with van der Waals surface area (Å²) >= 11 is 0. The van der Waals surface area contributed by atoms with Crippen LogP contribution in [0.15, 0.2) is 42.5 Å². The smallest absolute Gasteiger partial charge is 0.0991 e. The molecule has 2 nitrogen and oxygen atoms in total. The first-order chi connectivity index (χ1) is 8.70. The normalized spacial score (nSPS) is 9.83. The molecule has 2 rings (SSSR count). The minimum absolute atomic E-state index is 0.704. The summed E-state index contributed by atoms with van der Waals surface area (Å²) in [6.07, 6.45) is 0. The Morgan fingerprint density at radius 3 is 2.67 bits per heavy atom. The third-order valence-electron chi connectivity index (χ3n) is 3.14. The van der Waals surface area contributed by atoms with Crippen LogP contribution in [0.4, 0.5) is 5.69 Å². The topological polar surface area (TPSA) is 35.8 Å². The van der Waals surface area contributed by atoms with Gasteiger partial charge >= 0.3 is 0 Å². The Balaban J connectivity index is 2.12. The fourth-order valence-corrected chi connectivity index (χ4v) is 1.89. The molecule has 0 spiro atoms. The van der Waals surface area contributed by atoms with E-state index in [2.05, 4.69) is 43.4 Å². The minimum atomic E-state index is 0.704. The number of hydrogen-bond donors (Lipinski definition) is 1. The first-order valence-corrected chi connectivity index (χ1v) is 6.00. The van der Waals surface area contributed by atoms with Gasteiger partial charge in [0, 0.05) is 12.2 Å². The monoisotopic (exact) mass is 236 g/mol. The zero-order chi connectivity index (χ0) is 13.0. The second-order valence-electron chi connectivity index (χ2n) is 4.41. The third-order valence-corrected chi connectivity index (χ3v) is 3.14. The van der Waals surface area contributed by atoms with Gasteiger partial charge in [0.1, 0.15) is 0 Å². The molecule has 0 aliphatic rings. The maximum absolute atomic E-state index is 8.86. The van der Waals surface area contributed by atoms with Crippen LogP contribution in [0.5, 0.6) is 0 Å². The van der Waals surface area contributed by atoms with Crippen molar-refractivity contribution in [3.05, 3.63) is 64.7 Å². The zero-order valence-corrected chi connectivity index (χ0v) is 10.7. The summed E-state index contributed by atoms with van der Waals surface area (Å²) < 4.78 is 0. The summed E-state index contributed by atoms with van der Waals surface area (Å²) in [7, 11) is 0. The number of nitrogens with one attached hydrogen (secondary N) is 1. The van der Waals surface area contributed by atoms with Gasteiger partial charge in [-0.15, -0.1) is 0 Å². The highest BCUT2D eigenvalue weighted by Gasteiger charge is 2.00. The molecule has 0 fully saturated rings. The lowest BCUT2D eigenvalue weighted by molar-refractivity contribution is 1.13. The molecular weight excluding hydrogens is 220 g/mol. The van der Waals surface area contributed by atoms with Gasteiger partial charge in [0.25, 0.3) is 0 Å². The van der Waals surface area contributed by atoms with Crippen molar-refractivity contribution in [3.8, 4) is 6.07 Å². The lowest BCUT2D eigenvalue weighted by atomic mass is 10.1. The largest absolute Gasteiger partial charge is 0.381 e. The van der Waals surface area contributed by atoms with E-state index < -0.39 is 0 Å². The maximum atomic E-state index is 8.86. The van der Waals surface area contributed by atoms with E-state index in [1.807, 2.05) is 24.3 Å². The van der Waals surface area contributed by atoms with Crippen LogP contribution >= 0.6 is 0 Å². The van der Waals surface area contributed by atoms with Gasteiger partial charge < -0.3 is 5.32 Å². The lowest BCUT2D eigenvalue weighted by Crippen LogP contribution is -2.01. The molecule has 2 aromatic carbocycles. The van der Waals surface area contributed by atoms with E-state index in [0.29, 0.717) is 5.56 Å². The highest BCUT2D eigenvalue weighted by Crippen LogP contribution is 2.18. The van der Waals surface area contributed by atoms with E-state index in [-0.39, 0.29) is 0 Å². The molecule has 0 bridgehead atoms. The summed E-state index contributed by atoms with van der Waals surface area (Å²) in [6.45, 7) is 4.96. The lowest BCUT2D eigenvalue weighted by Gasteiger charge is -2.11. The predicted molar refractivity (Wildman–Crippen MR) is 74.4 cm³/mol. The molecule has 90 valence electrons. The first kappa shape index (κ1) is 12.2. The van der Waals surface area contributed by atoms with E-state index >= 15 is 0 Å². The molecule has 0 aliphatic carbocycles. The first-order valence-electron chi connectivity index (χ1n) is 6.00. The standard InChI is InChI=1S/C16H16N2/c1-12-5-3-8-16(13(12)2)18-11-15-7-4-6-14(9-15)10-17/h3-9,18H,11H2,1-2H3. The van der Waals surface area contributed by atoms with Crippen molar-refractivity contribution in [2.24, 2.45) is 0 Å². The van der Waals surface area contributed by atoms with Gasteiger partial charge in [-0.05, 0) is 48.7 Å². The number of nitrogens with zero attached hydrogens (tertiary/aromatic N) is 1. The number of aryl methyl sites for hydroxylation is 1. The van der Waals surface area contributed by atoms with Crippen LogP contribution in [0.1, 0.15) is 22.3 Å². The van der Waals surface area contributed by atoms with Crippen LogP contribution in [0.2, 0.25) is 0 Å². The van der Waals surface area contributed by atoms with Crippen molar-refractivity contribution in [1.82, 2.24) is 0 Å². The molecule has 0 aliphatic heterocycles. The van der Waals surface area contributed by atoms with Crippen LogP contribution in [-0.2, 0) is 6.54 Å². The van der Waals surface area contributed by atoms with Gasteiger partial charge in [-0.2, -0.15) is 5.26 Å². The fourth-order valence-electron chi connectivity index (χ4n) is 1.89. The highest BCUT2D eigenvalue weighted by atomic mass is 14.9. The Morgan fingerprint density at radius 1 is 1.11 bits per heavy atom. The van der Waals surface area contributed by atoms with Gasteiger partial charge in [0.2, 0.25) is 0 Å². The van der Waals surface area contributed by atoms with Crippen molar-refractivity contribution in [2.75, 3.05) is 5.32 Å². The summed E-state index contributed by atoms with van der Waals surface area (Å²) in [4.78, 5) is 0. The van der Waals surface area contributed by atoms with Crippen molar-refractivity contribution < 1.29 is 0 Å². The molecule has 0 heterocycles. The van der Waals surface area contributed by atoms with E-state index in [9.17, 15) is 0 Å². The Kier molecular flexibility index (Phi) is 3.64. The number of rotatable bonds is 3. The quantitative estimate of drug-likeness (QED) is 0.880. The number of nitriles is 1. The molecular formula is C16H16N2. The molecule has 0 radical (unpaired) electrons. The van der Waals surface area contributed by atoms with E-state index in [0.717, 1.165) is 17.8 Å². The van der Waals surface area contributed by atoms with Crippen molar-refractivity contribution in [1.29, 1.82) is 5.26 Å². The minimum Gasteiger partial charge on any atom is -0.381 e. The average Bonchev–Trinajstić information content (AvgIpc) is 2.41. The Labute approximate surface area is 108 Å². The highest BCUT2D eigenvalue weighted by molar-refractivity contribution is 5.54. The molecule has 0 saturated carbocycles.